The first kappa shape index (κ1) is 21.8. The number of aromatic nitrogens is 5. The second kappa shape index (κ2) is 9.11. The molecule has 3 aromatic heterocycles. The van der Waals surface area contributed by atoms with Crippen molar-refractivity contribution in [2.24, 2.45) is 7.05 Å². The lowest BCUT2D eigenvalue weighted by atomic mass is 10.1. The van der Waals surface area contributed by atoms with Crippen LogP contribution < -0.4 is 4.90 Å². The van der Waals surface area contributed by atoms with Crippen molar-refractivity contribution in [2.75, 3.05) is 44.4 Å². The minimum atomic E-state index is -0.461. The fourth-order valence-electron chi connectivity index (χ4n) is 4.62. The van der Waals surface area contributed by atoms with Crippen LogP contribution in [0.1, 0.15) is 48.7 Å². The van der Waals surface area contributed by atoms with Crippen molar-refractivity contribution in [3.63, 3.8) is 0 Å². The highest BCUT2D eigenvalue weighted by molar-refractivity contribution is 5.96. The van der Waals surface area contributed by atoms with Crippen molar-refractivity contribution in [1.82, 2.24) is 24.3 Å². The van der Waals surface area contributed by atoms with Crippen LogP contribution in [0.2, 0.25) is 0 Å². The van der Waals surface area contributed by atoms with Crippen LogP contribution in [-0.4, -0.2) is 69.8 Å². The minimum absolute atomic E-state index is 0.237. The first-order valence-electron chi connectivity index (χ1n) is 11.6. The van der Waals surface area contributed by atoms with Gasteiger partial charge in [-0.05, 0) is 39.2 Å². The molecule has 1 atom stereocenters. The molecule has 3 aromatic rings. The molecule has 0 saturated carbocycles. The molecular formula is C23H30N6O4. The number of esters is 1. The topological polar surface area (TPSA) is 96.5 Å². The van der Waals surface area contributed by atoms with Gasteiger partial charge in [0, 0.05) is 38.5 Å². The van der Waals surface area contributed by atoms with Gasteiger partial charge in [-0.1, -0.05) is 0 Å². The lowest BCUT2D eigenvalue weighted by molar-refractivity contribution is -0.0321. The number of morpholine rings is 1. The van der Waals surface area contributed by atoms with E-state index >= 15 is 0 Å². The van der Waals surface area contributed by atoms with Gasteiger partial charge < -0.3 is 19.1 Å². The molecule has 1 unspecified atom stereocenters. The molecule has 2 saturated heterocycles. The van der Waals surface area contributed by atoms with Gasteiger partial charge in [0.2, 0.25) is 5.82 Å². The van der Waals surface area contributed by atoms with Gasteiger partial charge in [-0.25, -0.2) is 14.8 Å². The Balaban J connectivity index is 1.76. The predicted molar refractivity (Wildman–Crippen MR) is 122 cm³/mol. The molecule has 0 N–H and O–H groups in total. The van der Waals surface area contributed by atoms with Crippen LogP contribution >= 0.6 is 0 Å². The second-order valence-electron chi connectivity index (χ2n) is 8.45. The molecule has 2 aliphatic heterocycles. The summed E-state index contributed by atoms with van der Waals surface area (Å²) in [4.78, 5) is 25.0. The van der Waals surface area contributed by atoms with Crippen LogP contribution in [0.15, 0.2) is 12.3 Å². The predicted octanol–water partition coefficient (Wildman–Crippen LogP) is 2.85. The maximum absolute atomic E-state index is 12.9. The molecule has 33 heavy (non-hydrogen) atoms. The van der Waals surface area contributed by atoms with Crippen LogP contribution in [0, 0.1) is 6.92 Å². The van der Waals surface area contributed by atoms with E-state index in [0.29, 0.717) is 31.0 Å². The van der Waals surface area contributed by atoms with Crippen molar-refractivity contribution in [3.05, 3.63) is 23.8 Å². The largest absolute Gasteiger partial charge is 0.460 e. The third kappa shape index (κ3) is 4.08. The van der Waals surface area contributed by atoms with E-state index in [9.17, 15) is 4.79 Å². The van der Waals surface area contributed by atoms with Crippen LogP contribution in [-0.2, 0) is 21.3 Å². The van der Waals surface area contributed by atoms with E-state index in [1.807, 2.05) is 30.8 Å². The zero-order chi connectivity index (χ0) is 22.9. The van der Waals surface area contributed by atoms with E-state index in [0.717, 1.165) is 55.0 Å². The normalized spacial score (nSPS) is 19.2. The average molecular weight is 455 g/mol. The Hall–Kier alpha value is -2.98. The van der Waals surface area contributed by atoms with Gasteiger partial charge in [-0.15, -0.1) is 0 Å². The third-order valence-electron chi connectivity index (χ3n) is 6.17. The smallest absolute Gasteiger partial charge is 0.374 e. The molecule has 0 amide bonds. The van der Waals surface area contributed by atoms with Gasteiger partial charge in [0.15, 0.2) is 5.65 Å². The Kier molecular flexibility index (Phi) is 6.03. The molecule has 0 aromatic carbocycles. The number of hydrogen-bond donors (Lipinski definition) is 0. The number of carbonyl (C=O) groups is 1. The van der Waals surface area contributed by atoms with Crippen molar-refractivity contribution >= 4 is 22.8 Å². The van der Waals surface area contributed by atoms with Crippen molar-refractivity contribution in [2.45, 2.75) is 39.3 Å². The summed E-state index contributed by atoms with van der Waals surface area (Å²) in [7, 11) is 1.90. The summed E-state index contributed by atoms with van der Waals surface area (Å²) in [6.07, 6.45) is 4.48. The number of aryl methyl sites for hydroxylation is 2. The molecule has 10 nitrogen and oxygen atoms in total. The van der Waals surface area contributed by atoms with Gasteiger partial charge in [0.1, 0.15) is 11.7 Å². The van der Waals surface area contributed by atoms with E-state index in [2.05, 4.69) is 10.00 Å². The van der Waals surface area contributed by atoms with Crippen molar-refractivity contribution in [3.8, 4) is 11.3 Å². The highest BCUT2D eigenvalue weighted by Gasteiger charge is 2.30. The molecule has 2 aliphatic rings. The SMILES string of the molecule is CCOC(=O)c1nc2c(N3CCOCC3)cc(-c3cn(C)nc3C)nc2n1C1CCCCO1. The van der Waals surface area contributed by atoms with E-state index in [1.165, 1.54) is 0 Å². The number of carbonyl (C=O) groups excluding carboxylic acids is 1. The van der Waals surface area contributed by atoms with Gasteiger partial charge >= 0.3 is 5.97 Å². The molecule has 176 valence electrons. The van der Waals surface area contributed by atoms with Crippen LogP contribution in [0.5, 0.6) is 0 Å². The summed E-state index contributed by atoms with van der Waals surface area (Å²) in [6, 6.07) is 2.05. The number of imidazole rings is 1. The quantitative estimate of drug-likeness (QED) is 0.543. The number of rotatable bonds is 5. The monoisotopic (exact) mass is 454 g/mol. The summed E-state index contributed by atoms with van der Waals surface area (Å²) in [5.41, 5.74) is 4.88. The van der Waals surface area contributed by atoms with Crippen LogP contribution in [0.25, 0.3) is 22.4 Å². The molecule has 2 fully saturated rings. The fourth-order valence-corrected chi connectivity index (χ4v) is 4.62. The zero-order valence-corrected chi connectivity index (χ0v) is 19.4. The molecule has 0 spiro atoms. The standard InChI is InChI=1S/C23H30N6O4/c1-4-32-23(30)22-25-20-18(28-8-11-31-12-9-28)13-17(16-14-27(3)26-15(16)2)24-21(20)29(22)19-7-5-6-10-33-19/h13-14,19H,4-12H2,1-3H3. The maximum atomic E-state index is 12.9. The fraction of sp³-hybridized carbons (Fsp3) is 0.565. The summed E-state index contributed by atoms with van der Waals surface area (Å²) in [6.45, 7) is 7.45. The Morgan fingerprint density at radius 2 is 2.03 bits per heavy atom. The van der Waals surface area contributed by atoms with Gasteiger partial charge in [-0.2, -0.15) is 5.10 Å². The first-order chi connectivity index (χ1) is 16.1. The average Bonchev–Trinajstić information content (AvgIpc) is 3.39. The molecule has 5 rings (SSSR count). The van der Waals surface area contributed by atoms with Crippen molar-refractivity contribution < 1.29 is 19.0 Å². The Labute approximate surface area is 192 Å². The molecular weight excluding hydrogens is 424 g/mol. The number of hydrogen-bond acceptors (Lipinski definition) is 8. The van der Waals surface area contributed by atoms with Crippen LogP contribution in [0.4, 0.5) is 5.69 Å². The van der Waals surface area contributed by atoms with Gasteiger partial charge in [-0.3, -0.25) is 9.25 Å². The van der Waals surface area contributed by atoms with Crippen molar-refractivity contribution in [1.29, 1.82) is 0 Å². The molecule has 0 radical (unpaired) electrons. The maximum Gasteiger partial charge on any atom is 0.374 e. The zero-order valence-electron chi connectivity index (χ0n) is 19.4. The summed E-state index contributed by atoms with van der Waals surface area (Å²) in [5, 5.41) is 4.50. The molecule has 10 heteroatoms. The Morgan fingerprint density at radius 3 is 2.70 bits per heavy atom. The second-order valence-corrected chi connectivity index (χ2v) is 8.45. The lowest BCUT2D eigenvalue weighted by Crippen LogP contribution is -2.36. The molecule has 0 aliphatic carbocycles. The Morgan fingerprint density at radius 1 is 1.21 bits per heavy atom. The number of pyridine rings is 1. The Bertz CT molecular complexity index is 1160. The van der Waals surface area contributed by atoms with Gasteiger partial charge in [0.25, 0.3) is 0 Å². The molecule has 5 heterocycles. The highest BCUT2D eigenvalue weighted by atomic mass is 16.5. The highest BCUT2D eigenvalue weighted by Crippen LogP contribution is 2.36. The van der Waals surface area contributed by atoms with Gasteiger partial charge in [0.05, 0.1) is 36.9 Å². The summed E-state index contributed by atoms with van der Waals surface area (Å²) in [5.74, 6) is -0.225. The number of anilines is 1. The third-order valence-corrected chi connectivity index (χ3v) is 6.17. The van der Waals surface area contributed by atoms with E-state index in [4.69, 9.17) is 24.2 Å². The molecule has 0 bridgehead atoms. The lowest BCUT2D eigenvalue weighted by Gasteiger charge is -2.29. The number of nitrogens with zero attached hydrogens (tertiary/aromatic N) is 6. The summed E-state index contributed by atoms with van der Waals surface area (Å²) >= 11 is 0. The summed E-state index contributed by atoms with van der Waals surface area (Å²) < 4.78 is 20.6. The van der Waals surface area contributed by atoms with E-state index in [-0.39, 0.29) is 18.7 Å². The van der Waals surface area contributed by atoms with Crippen LogP contribution in [0.3, 0.4) is 0 Å². The number of fused-ring (bicyclic) bond motifs is 1. The van der Waals surface area contributed by atoms with E-state index < -0.39 is 5.97 Å². The van der Waals surface area contributed by atoms with E-state index in [1.54, 1.807) is 11.6 Å². The minimum Gasteiger partial charge on any atom is -0.460 e. The first-order valence-corrected chi connectivity index (χ1v) is 11.6. The number of ether oxygens (including phenoxy) is 3.